The standard InChI is InChI=1S/C17H30N2/c1-6-17(4,5)18-13-15(3)19(7-2)14-16-11-9-8-10-12-16/h8-12,15,18H,6-7,13-14H2,1-5H3. The van der Waals surface area contributed by atoms with Crippen molar-refractivity contribution in [2.45, 2.75) is 59.2 Å². The fourth-order valence-corrected chi connectivity index (χ4v) is 2.08. The van der Waals surface area contributed by atoms with Crippen molar-refractivity contribution in [3.05, 3.63) is 35.9 Å². The Labute approximate surface area is 119 Å². The summed E-state index contributed by atoms with van der Waals surface area (Å²) in [4.78, 5) is 2.52. The lowest BCUT2D eigenvalue weighted by Gasteiger charge is -2.32. The van der Waals surface area contributed by atoms with Gasteiger partial charge in [0, 0.05) is 24.7 Å². The molecule has 0 aromatic heterocycles. The minimum absolute atomic E-state index is 0.237. The fourth-order valence-electron chi connectivity index (χ4n) is 2.08. The van der Waals surface area contributed by atoms with Crippen LogP contribution in [0.5, 0.6) is 0 Å². The maximum absolute atomic E-state index is 3.67. The van der Waals surface area contributed by atoms with Crippen molar-refractivity contribution in [3.63, 3.8) is 0 Å². The van der Waals surface area contributed by atoms with Gasteiger partial charge in [-0.2, -0.15) is 0 Å². The van der Waals surface area contributed by atoms with E-state index in [1.807, 2.05) is 0 Å². The van der Waals surface area contributed by atoms with Gasteiger partial charge in [-0.1, -0.05) is 44.2 Å². The molecule has 0 aliphatic heterocycles. The first-order valence-electron chi connectivity index (χ1n) is 7.51. The minimum Gasteiger partial charge on any atom is -0.310 e. The van der Waals surface area contributed by atoms with Gasteiger partial charge in [0.05, 0.1) is 0 Å². The molecule has 19 heavy (non-hydrogen) atoms. The average Bonchev–Trinajstić information content (AvgIpc) is 2.43. The molecule has 0 bridgehead atoms. The van der Waals surface area contributed by atoms with E-state index >= 15 is 0 Å². The third-order valence-corrected chi connectivity index (χ3v) is 4.02. The van der Waals surface area contributed by atoms with Crippen LogP contribution in [-0.2, 0) is 6.54 Å². The Balaban J connectivity index is 2.50. The van der Waals surface area contributed by atoms with Crippen LogP contribution in [-0.4, -0.2) is 29.6 Å². The molecule has 1 aromatic carbocycles. The van der Waals surface area contributed by atoms with E-state index in [9.17, 15) is 0 Å². The highest BCUT2D eigenvalue weighted by Gasteiger charge is 2.18. The van der Waals surface area contributed by atoms with Gasteiger partial charge in [0.1, 0.15) is 0 Å². The molecule has 1 atom stereocenters. The first kappa shape index (κ1) is 16.2. The molecule has 0 fully saturated rings. The maximum atomic E-state index is 3.67. The highest BCUT2D eigenvalue weighted by molar-refractivity contribution is 5.14. The normalized spacial score (nSPS) is 13.8. The van der Waals surface area contributed by atoms with E-state index in [2.05, 4.69) is 75.2 Å². The van der Waals surface area contributed by atoms with Gasteiger partial charge < -0.3 is 5.32 Å². The maximum Gasteiger partial charge on any atom is 0.0236 e. The van der Waals surface area contributed by atoms with E-state index in [0.717, 1.165) is 26.1 Å². The van der Waals surface area contributed by atoms with Gasteiger partial charge in [-0.15, -0.1) is 0 Å². The lowest BCUT2D eigenvalue weighted by Crippen LogP contribution is -2.47. The Morgan fingerprint density at radius 1 is 1.16 bits per heavy atom. The van der Waals surface area contributed by atoms with Crippen LogP contribution < -0.4 is 5.32 Å². The van der Waals surface area contributed by atoms with E-state index in [1.54, 1.807) is 0 Å². The van der Waals surface area contributed by atoms with Crippen molar-refractivity contribution in [1.29, 1.82) is 0 Å². The number of likely N-dealkylation sites (N-methyl/N-ethyl adjacent to an activating group) is 1. The smallest absolute Gasteiger partial charge is 0.0236 e. The second kappa shape index (κ2) is 7.66. The molecule has 108 valence electrons. The molecule has 0 aliphatic rings. The van der Waals surface area contributed by atoms with Gasteiger partial charge in [0.15, 0.2) is 0 Å². The molecule has 0 saturated carbocycles. The van der Waals surface area contributed by atoms with E-state index in [-0.39, 0.29) is 5.54 Å². The first-order valence-corrected chi connectivity index (χ1v) is 7.51. The monoisotopic (exact) mass is 262 g/mol. The first-order chi connectivity index (χ1) is 8.98. The second-order valence-electron chi connectivity index (χ2n) is 6.02. The SMILES string of the molecule is CCN(Cc1ccccc1)C(C)CNC(C)(C)CC. The van der Waals surface area contributed by atoms with Gasteiger partial charge in [-0.25, -0.2) is 0 Å². The molecule has 0 radical (unpaired) electrons. The molecule has 0 heterocycles. The molecule has 0 saturated heterocycles. The lowest BCUT2D eigenvalue weighted by molar-refractivity contribution is 0.192. The van der Waals surface area contributed by atoms with Gasteiger partial charge >= 0.3 is 0 Å². The number of rotatable bonds is 8. The van der Waals surface area contributed by atoms with Crippen LogP contribution in [0.2, 0.25) is 0 Å². The van der Waals surface area contributed by atoms with Crippen LogP contribution in [0.15, 0.2) is 30.3 Å². The fraction of sp³-hybridized carbons (Fsp3) is 0.647. The van der Waals surface area contributed by atoms with Crippen LogP contribution in [0, 0.1) is 0 Å². The van der Waals surface area contributed by atoms with Gasteiger partial charge in [0.25, 0.3) is 0 Å². The highest BCUT2D eigenvalue weighted by atomic mass is 15.2. The number of hydrogen-bond donors (Lipinski definition) is 1. The topological polar surface area (TPSA) is 15.3 Å². The zero-order chi connectivity index (χ0) is 14.3. The van der Waals surface area contributed by atoms with Gasteiger partial charge in [-0.3, -0.25) is 4.90 Å². The quantitative estimate of drug-likeness (QED) is 0.769. The average molecular weight is 262 g/mol. The summed E-state index contributed by atoms with van der Waals surface area (Å²) < 4.78 is 0. The van der Waals surface area contributed by atoms with Crippen molar-refractivity contribution in [2.75, 3.05) is 13.1 Å². The number of benzene rings is 1. The summed E-state index contributed by atoms with van der Waals surface area (Å²) in [5, 5.41) is 3.67. The molecule has 2 nitrogen and oxygen atoms in total. The molecule has 1 aromatic rings. The predicted molar refractivity (Wildman–Crippen MR) is 84.4 cm³/mol. The molecule has 0 amide bonds. The number of nitrogens with zero attached hydrogens (tertiary/aromatic N) is 1. The summed E-state index contributed by atoms with van der Waals surface area (Å²) in [7, 11) is 0. The number of nitrogens with one attached hydrogen (secondary N) is 1. The van der Waals surface area contributed by atoms with E-state index in [1.165, 1.54) is 5.56 Å². The molecule has 1 rings (SSSR count). The molecule has 2 heteroatoms. The van der Waals surface area contributed by atoms with Crippen LogP contribution in [0.1, 0.15) is 46.6 Å². The minimum atomic E-state index is 0.237. The third kappa shape index (κ3) is 5.75. The van der Waals surface area contributed by atoms with Crippen LogP contribution in [0.3, 0.4) is 0 Å². The lowest BCUT2D eigenvalue weighted by atomic mass is 10.0. The van der Waals surface area contributed by atoms with Crippen molar-refractivity contribution >= 4 is 0 Å². The van der Waals surface area contributed by atoms with Crippen molar-refractivity contribution < 1.29 is 0 Å². The molecular formula is C17H30N2. The van der Waals surface area contributed by atoms with Crippen LogP contribution >= 0.6 is 0 Å². The zero-order valence-electron chi connectivity index (χ0n) is 13.2. The van der Waals surface area contributed by atoms with Gasteiger partial charge in [-0.05, 0) is 39.3 Å². The summed E-state index contributed by atoms with van der Waals surface area (Å²) in [6, 6.07) is 11.3. The zero-order valence-corrected chi connectivity index (χ0v) is 13.2. The van der Waals surface area contributed by atoms with Crippen LogP contribution in [0.4, 0.5) is 0 Å². The molecular weight excluding hydrogens is 232 g/mol. The molecule has 0 spiro atoms. The Morgan fingerprint density at radius 3 is 2.32 bits per heavy atom. The summed E-state index contributed by atoms with van der Waals surface area (Å²) in [5.41, 5.74) is 1.63. The Hall–Kier alpha value is -0.860. The summed E-state index contributed by atoms with van der Waals surface area (Å²) in [6.45, 7) is 14.5. The highest BCUT2D eigenvalue weighted by Crippen LogP contribution is 2.10. The molecule has 0 aliphatic carbocycles. The van der Waals surface area contributed by atoms with E-state index < -0.39 is 0 Å². The Kier molecular flexibility index (Phi) is 6.53. The second-order valence-corrected chi connectivity index (χ2v) is 6.02. The van der Waals surface area contributed by atoms with Crippen molar-refractivity contribution in [3.8, 4) is 0 Å². The predicted octanol–water partition coefficient (Wildman–Crippen LogP) is 3.68. The van der Waals surface area contributed by atoms with Crippen molar-refractivity contribution in [1.82, 2.24) is 10.2 Å². The van der Waals surface area contributed by atoms with Crippen LogP contribution in [0.25, 0.3) is 0 Å². The Morgan fingerprint density at radius 2 is 1.79 bits per heavy atom. The van der Waals surface area contributed by atoms with Gasteiger partial charge in [0.2, 0.25) is 0 Å². The summed E-state index contributed by atoms with van der Waals surface area (Å²) in [5.74, 6) is 0. The third-order valence-electron chi connectivity index (χ3n) is 4.02. The van der Waals surface area contributed by atoms with E-state index in [0.29, 0.717) is 6.04 Å². The molecule has 1 unspecified atom stereocenters. The Bertz CT molecular complexity index is 346. The van der Waals surface area contributed by atoms with Crippen molar-refractivity contribution in [2.24, 2.45) is 0 Å². The van der Waals surface area contributed by atoms with E-state index in [4.69, 9.17) is 0 Å². The largest absolute Gasteiger partial charge is 0.310 e. The summed E-state index contributed by atoms with van der Waals surface area (Å²) in [6.07, 6.45) is 1.16. The summed E-state index contributed by atoms with van der Waals surface area (Å²) >= 11 is 0. The molecule has 1 N–H and O–H groups in total. The number of hydrogen-bond acceptors (Lipinski definition) is 2.